The van der Waals surface area contributed by atoms with Gasteiger partial charge in [0.2, 0.25) is 0 Å². The van der Waals surface area contributed by atoms with E-state index in [9.17, 15) is 4.79 Å². The minimum absolute atomic E-state index is 0.0524. The average Bonchev–Trinajstić information content (AvgIpc) is 3.54. The van der Waals surface area contributed by atoms with Gasteiger partial charge in [0.05, 0.1) is 13.2 Å². The Bertz CT molecular complexity index is 1700. The van der Waals surface area contributed by atoms with E-state index in [1.165, 1.54) is 5.56 Å². The third kappa shape index (κ3) is 6.10. The number of amides is 1. The lowest BCUT2D eigenvalue weighted by molar-refractivity contribution is 0.0773. The number of para-hydroxylation sites is 1. The quantitative estimate of drug-likeness (QED) is 0.183. The summed E-state index contributed by atoms with van der Waals surface area (Å²) in [7, 11) is 1.68. The molecule has 2 heterocycles. The smallest absolute Gasteiger partial charge is 0.253 e. The number of aromatic amines is 1. The molecule has 7 nitrogen and oxygen atoms in total. The number of benzene rings is 4. The number of fused-ring (bicyclic) bond motifs is 1. The lowest BCUT2D eigenvalue weighted by atomic mass is 9.87. The Balaban J connectivity index is 1.38. The van der Waals surface area contributed by atoms with Crippen LogP contribution in [0.2, 0.25) is 0 Å². The van der Waals surface area contributed by atoms with E-state index in [2.05, 4.69) is 51.3 Å². The number of nitrogens with zero attached hydrogens (tertiary/aromatic N) is 3. The van der Waals surface area contributed by atoms with Crippen LogP contribution in [0.15, 0.2) is 103 Å². The van der Waals surface area contributed by atoms with Crippen LogP contribution in [0, 0.1) is 0 Å². The van der Waals surface area contributed by atoms with Gasteiger partial charge in [0.1, 0.15) is 11.6 Å². The maximum absolute atomic E-state index is 13.1. The van der Waals surface area contributed by atoms with Crippen molar-refractivity contribution in [1.82, 2.24) is 19.8 Å². The Morgan fingerprint density at radius 1 is 0.932 bits per heavy atom. The predicted octanol–water partition coefficient (Wildman–Crippen LogP) is 7.51. The van der Waals surface area contributed by atoms with Crippen LogP contribution in [0.5, 0.6) is 17.2 Å². The summed E-state index contributed by atoms with van der Waals surface area (Å²) in [5, 5.41) is 0. The third-order valence-corrected chi connectivity index (χ3v) is 8.30. The minimum Gasteiger partial charge on any atom is -0.493 e. The maximum Gasteiger partial charge on any atom is 0.253 e. The summed E-state index contributed by atoms with van der Waals surface area (Å²) in [5.41, 5.74) is 6.29. The number of H-pyrrole nitrogens is 1. The zero-order valence-electron chi connectivity index (χ0n) is 25.5. The Labute approximate surface area is 259 Å². The van der Waals surface area contributed by atoms with Crippen LogP contribution in [0.25, 0.3) is 11.4 Å². The van der Waals surface area contributed by atoms with Crippen molar-refractivity contribution in [2.24, 2.45) is 0 Å². The van der Waals surface area contributed by atoms with Gasteiger partial charge in [-0.05, 0) is 73.4 Å². The van der Waals surface area contributed by atoms with Crippen molar-refractivity contribution in [2.75, 3.05) is 26.7 Å². The number of carbonyl (C=O) groups excluding carboxylic acids is 1. The molecule has 0 bridgehead atoms. The highest BCUT2D eigenvalue weighted by Crippen LogP contribution is 2.43. The molecule has 1 amide bonds. The van der Waals surface area contributed by atoms with Crippen molar-refractivity contribution in [3.8, 4) is 28.6 Å². The van der Waals surface area contributed by atoms with E-state index < -0.39 is 0 Å². The predicted molar refractivity (Wildman–Crippen MR) is 173 cm³/mol. The summed E-state index contributed by atoms with van der Waals surface area (Å²) in [4.78, 5) is 25.6. The molecule has 0 aliphatic carbocycles. The molecule has 0 radical (unpaired) electrons. The highest BCUT2D eigenvalue weighted by Gasteiger charge is 2.31. The second kappa shape index (κ2) is 13.2. The largest absolute Gasteiger partial charge is 0.493 e. The van der Waals surface area contributed by atoms with Crippen molar-refractivity contribution in [3.63, 3.8) is 0 Å². The first-order valence-electron chi connectivity index (χ1n) is 15.2. The van der Waals surface area contributed by atoms with Crippen molar-refractivity contribution >= 4 is 5.91 Å². The van der Waals surface area contributed by atoms with E-state index in [-0.39, 0.29) is 11.9 Å². The minimum atomic E-state index is -0.0659. The molecular weight excluding hydrogens is 548 g/mol. The fourth-order valence-corrected chi connectivity index (χ4v) is 6.00. The molecule has 5 aromatic rings. The zero-order chi connectivity index (χ0) is 30.5. The first-order valence-corrected chi connectivity index (χ1v) is 15.2. The number of hydrogen-bond acceptors (Lipinski definition) is 5. The summed E-state index contributed by atoms with van der Waals surface area (Å²) in [6.45, 7) is 6.91. The summed E-state index contributed by atoms with van der Waals surface area (Å²) in [5.74, 6) is 3.04. The van der Waals surface area contributed by atoms with Crippen LogP contribution in [-0.4, -0.2) is 52.4 Å². The molecule has 1 atom stereocenters. The zero-order valence-corrected chi connectivity index (χ0v) is 25.5. The third-order valence-electron chi connectivity index (χ3n) is 8.30. The number of hydrogen-bond donors (Lipinski definition) is 1. The molecule has 0 saturated carbocycles. The van der Waals surface area contributed by atoms with Crippen LogP contribution in [0.3, 0.4) is 0 Å². The van der Waals surface area contributed by atoms with E-state index in [1.54, 1.807) is 7.11 Å². The van der Waals surface area contributed by atoms with Crippen molar-refractivity contribution in [3.05, 3.63) is 131 Å². The van der Waals surface area contributed by atoms with Crippen molar-refractivity contribution in [2.45, 2.75) is 32.9 Å². The van der Waals surface area contributed by atoms with Gasteiger partial charge in [0.25, 0.3) is 5.91 Å². The van der Waals surface area contributed by atoms with E-state index in [0.29, 0.717) is 36.7 Å². The average molecular weight is 587 g/mol. The molecule has 0 fully saturated rings. The molecule has 1 aromatic heterocycles. The van der Waals surface area contributed by atoms with Crippen LogP contribution in [0.4, 0.5) is 0 Å². The van der Waals surface area contributed by atoms with E-state index in [1.807, 2.05) is 85.6 Å². The lowest BCUT2D eigenvalue weighted by Crippen LogP contribution is -2.36. The number of aromatic nitrogens is 2. The maximum atomic E-state index is 13.1. The Morgan fingerprint density at radius 3 is 2.32 bits per heavy atom. The van der Waals surface area contributed by atoms with Gasteiger partial charge in [-0.15, -0.1) is 0 Å². The van der Waals surface area contributed by atoms with Crippen LogP contribution < -0.4 is 9.47 Å². The van der Waals surface area contributed by atoms with Gasteiger partial charge in [0, 0.05) is 49.2 Å². The molecule has 1 unspecified atom stereocenters. The van der Waals surface area contributed by atoms with Gasteiger partial charge in [-0.2, -0.15) is 0 Å². The number of carbonyl (C=O) groups is 1. The molecule has 0 saturated heterocycles. The number of rotatable bonds is 10. The van der Waals surface area contributed by atoms with Crippen LogP contribution in [-0.2, 0) is 13.0 Å². The van der Waals surface area contributed by atoms with Gasteiger partial charge in [-0.3, -0.25) is 9.69 Å². The second-order valence-corrected chi connectivity index (χ2v) is 11.0. The fraction of sp³-hybridized carbons (Fsp3) is 0.243. The van der Waals surface area contributed by atoms with Crippen LogP contribution >= 0.6 is 0 Å². The topological polar surface area (TPSA) is 70.7 Å². The van der Waals surface area contributed by atoms with E-state index >= 15 is 0 Å². The molecule has 1 N–H and O–H groups in total. The number of nitrogens with one attached hydrogen (secondary N) is 1. The summed E-state index contributed by atoms with van der Waals surface area (Å²) in [6, 6.07) is 32.2. The van der Waals surface area contributed by atoms with Crippen molar-refractivity contribution in [1.29, 1.82) is 0 Å². The summed E-state index contributed by atoms with van der Waals surface area (Å²) >= 11 is 0. The molecule has 1 aliphatic rings. The van der Waals surface area contributed by atoms with Gasteiger partial charge in [-0.25, -0.2) is 4.98 Å². The normalized spacial score (nSPS) is 14.6. The number of methoxy groups -OCH3 is 1. The Morgan fingerprint density at radius 2 is 1.64 bits per heavy atom. The highest BCUT2D eigenvalue weighted by atomic mass is 16.5. The first-order chi connectivity index (χ1) is 21.6. The molecule has 7 heteroatoms. The summed E-state index contributed by atoms with van der Waals surface area (Å²) < 4.78 is 12.1. The van der Waals surface area contributed by atoms with Crippen molar-refractivity contribution < 1.29 is 14.3 Å². The number of ether oxygens (including phenoxy) is 2. The van der Waals surface area contributed by atoms with Gasteiger partial charge < -0.3 is 19.4 Å². The Hall–Kier alpha value is -4.88. The van der Waals surface area contributed by atoms with Crippen LogP contribution in [0.1, 0.15) is 52.6 Å². The van der Waals surface area contributed by atoms with Gasteiger partial charge in [0.15, 0.2) is 11.5 Å². The number of imidazole rings is 1. The van der Waals surface area contributed by atoms with E-state index in [0.717, 1.165) is 46.9 Å². The second-order valence-electron chi connectivity index (χ2n) is 11.0. The summed E-state index contributed by atoms with van der Waals surface area (Å²) in [6.07, 6.45) is 2.80. The molecule has 1 aliphatic heterocycles. The lowest BCUT2D eigenvalue weighted by Gasteiger charge is -2.38. The molecule has 0 spiro atoms. The van der Waals surface area contributed by atoms with Gasteiger partial charge in [-0.1, -0.05) is 60.7 Å². The fourth-order valence-electron chi connectivity index (χ4n) is 6.00. The molecule has 44 heavy (non-hydrogen) atoms. The molecule has 6 rings (SSSR count). The SMILES string of the molecule is CCN(CC)C(=O)c1ccc(C2c3cc(Oc4ccccc4)c(OC)cc3CCN2Cc2cnc(-c3ccccc3)[nH]2)cc1. The molecule has 4 aromatic carbocycles. The first kappa shape index (κ1) is 29.2. The molecule has 224 valence electrons. The van der Waals surface area contributed by atoms with Gasteiger partial charge >= 0.3 is 0 Å². The molecular formula is C37H38N4O3. The standard InChI is InChI=1S/C37H38N4O3/c1-4-40(5-2)37(42)28-18-16-26(17-19-28)35-32-23-34(44-31-14-10-7-11-15-31)33(43-3)22-29(32)20-21-41(35)25-30-24-38-36(39-30)27-12-8-6-9-13-27/h6-19,22-24,35H,4-5,20-21,25H2,1-3H3,(H,38,39). The Kier molecular flexibility index (Phi) is 8.75. The van der Waals surface area contributed by atoms with E-state index in [4.69, 9.17) is 9.47 Å². The monoisotopic (exact) mass is 586 g/mol. The highest BCUT2D eigenvalue weighted by molar-refractivity contribution is 5.94.